The average molecular weight is 388 g/mol. The predicted molar refractivity (Wildman–Crippen MR) is 96.5 cm³/mol. The molecular formula is C19H17IO. The second-order valence-electron chi connectivity index (χ2n) is 5.37. The van der Waals surface area contributed by atoms with Gasteiger partial charge in [0.05, 0.1) is 6.10 Å². The minimum absolute atomic E-state index is 0.341. The Labute approximate surface area is 138 Å². The lowest BCUT2D eigenvalue weighted by Gasteiger charge is -2.11. The normalized spacial score (nSPS) is 12.5. The van der Waals surface area contributed by atoms with Crippen molar-refractivity contribution in [2.75, 3.05) is 0 Å². The predicted octanol–water partition coefficient (Wildman–Crippen LogP) is 4.59. The SMILES string of the molecule is OC(Cc1ccc(I)cc1)Cc1ccc2ccccc2c1. The van der Waals surface area contributed by atoms with Crippen molar-refractivity contribution in [2.24, 2.45) is 0 Å². The highest BCUT2D eigenvalue weighted by Gasteiger charge is 2.07. The lowest BCUT2D eigenvalue weighted by Crippen LogP contribution is -2.13. The molecule has 1 atom stereocenters. The number of hydrogen-bond donors (Lipinski definition) is 1. The number of rotatable bonds is 4. The van der Waals surface area contributed by atoms with Gasteiger partial charge < -0.3 is 5.11 Å². The molecule has 0 saturated carbocycles. The van der Waals surface area contributed by atoms with Crippen LogP contribution in [0.2, 0.25) is 0 Å². The van der Waals surface area contributed by atoms with Crippen molar-refractivity contribution in [2.45, 2.75) is 18.9 Å². The van der Waals surface area contributed by atoms with Gasteiger partial charge in [-0.05, 0) is 69.5 Å². The van der Waals surface area contributed by atoms with Crippen molar-refractivity contribution in [1.29, 1.82) is 0 Å². The van der Waals surface area contributed by atoms with Gasteiger partial charge in [-0.1, -0.05) is 54.6 Å². The zero-order valence-electron chi connectivity index (χ0n) is 11.7. The maximum absolute atomic E-state index is 10.3. The summed E-state index contributed by atoms with van der Waals surface area (Å²) in [6.45, 7) is 0. The van der Waals surface area contributed by atoms with Crippen LogP contribution in [0.5, 0.6) is 0 Å². The van der Waals surface area contributed by atoms with Gasteiger partial charge in [-0.3, -0.25) is 0 Å². The standard InChI is InChI=1S/C19H17IO/c20-18-9-6-14(7-10-18)12-19(21)13-15-5-8-16-3-1-2-4-17(16)11-15/h1-11,19,21H,12-13H2. The first-order valence-electron chi connectivity index (χ1n) is 7.11. The van der Waals surface area contributed by atoms with E-state index in [-0.39, 0.29) is 6.10 Å². The van der Waals surface area contributed by atoms with E-state index in [1.54, 1.807) is 0 Å². The summed E-state index contributed by atoms with van der Waals surface area (Å²) in [5.74, 6) is 0. The van der Waals surface area contributed by atoms with Crippen LogP contribution >= 0.6 is 22.6 Å². The Balaban J connectivity index is 1.70. The molecule has 21 heavy (non-hydrogen) atoms. The van der Waals surface area contributed by atoms with Crippen LogP contribution in [0, 0.1) is 3.57 Å². The maximum atomic E-state index is 10.3. The van der Waals surface area contributed by atoms with E-state index in [2.05, 4.69) is 77.2 Å². The summed E-state index contributed by atoms with van der Waals surface area (Å²) in [5.41, 5.74) is 2.37. The fourth-order valence-electron chi connectivity index (χ4n) is 2.60. The lowest BCUT2D eigenvalue weighted by molar-refractivity contribution is 0.175. The largest absolute Gasteiger partial charge is 0.392 e. The smallest absolute Gasteiger partial charge is 0.0620 e. The maximum Gasteiger partial charge on any atom is 0.0620 e. The van der Waals surface area contributed by atoms with Crippen LogP contribution in [0.25, 0.3) is 10.8 Å². The summed E-state index contributed by atoms with van der Waals surface area (Å²) >= 11 is 2.29. The van der Waals surface area contributed by atoms with E-state index in [0.717, 1.165) is 0 Å². The monoisotopic (exact) mass is 388 g/mol. The van der Waals surface area contributed by atoms with Crippen molar-refractivity contribution in [3.05, 3.63) is 81.4 Å². The molecule has 0 aliphatic rings. The van der Waals surface area contributed by atoms with Crippen molar-refractivity contribution < 1.29 is 5.11 Å². The minimum atomic E-state index is -0.341. The molecule has 3 aromatic carbocycles. The third kappa shape index (κ3) is 3.83. The van der Waals surface area contributed by atoms with Crippen LogP contribution in [0.3, 0.4) is 0 Å². The Morgan fingerprint density at radius 3 is 2.14 bits per heavy atom. The van der Waals surface area contributed by atoms with Crippen molar-refractivity contribution in [3.63, 3.8) is 0 Å². The molecule has 0 aromatic heterocycles. The molecule has 3 aromatic rings. The highest BCUT2D eigenvalue weighted by atomic mass is 127. The Morgan fingerprint density at radius 1 is 0.762 bits per heavy atom. The molecule has 0 bridgehead atoms. The topological polar surface area (TPSA) is 20.2 Å². The highest BCUT2D eigenvalue weighted by Crippen LogP contribution is 2.18. The molecule has 106 valence electrons. The molecule has 0 radical (unpaired) electrons. The van der Waals surface area contributed by atoms with Gasteiger partial charge in [0, 0.05) is 3.57 Å². The number of aliphatic hydroxyl groups excluding tert-OH is 1. The zero-order valence-corrected chi connectivity index (χ0v) is 13.8. The number of aliphatic hydroxyl groups is 1. The summed E-state index contributed by atoms with van der Waals surface area (Å²) in [4.78, 5) is 0. The zero-order chi connectivity index (χ0) is 14.7. The fraction of sp³-hybridized carbons (Fsp3) is 0.158. The van der Waals surface area contributed by atoms with E-state index < -0.39 is 0 Å². The molecular weight excluding hydrogens is 371 g/mol. The first-order valence-corrected chi connectivity index (χ1v) is 8.19. The van der Waals surface area contributed by atoms with Gasteiger partial charge in [0.2, 0.25) is 0 Å². The van der Waals surface area contributed by atoms with Crippen LogP contribution in [0.1, 0.15) is 11.1 Å². The van der Waals surface area contributed by atoms with Gasteiger partial charge in [0.1, 0.15) is 0 Å². The van der Waals surface area contributed by atoms with E-state index in [1.165, 1.54) is 25.5 Å². The number of fused-ring (bicyclic) bond motifs is 1. The van der Waals surface area contributed by atoms with Gasteiger partial charge in [0.15, 0.2) is 0 Å². The van der Waals surface area contributed by atoms with Gasteiger partial charge in [0.25, 0.3) is 0 Å². The van der Waals surface area contributed by atoms with Crippen molar-refractivity contribution in [3.8, 4) is 0 Å². The van der Waals surface area contributed by atoms with E-state index in [9.17, 15) is 5.11 Å². The molecule has 1 unspecified atom stereocenters. The van der Waals surface area contributed by atoms with Crippen LogP contribution in [0.4, 0.5) is 0 Å². The summed E-state index contributed by atoms with van der Waals surface area (Å²) in [7, 11) is 0. The van der Waals surface area contributed by atoms with Crippen LogP contribution in [0.15, 0.2) is 66.7 Å². The molecule has 0 spiro atoms. The molecule has 0 fully saturated rings. The number of halogens is 1. The van der Waals surface area contributed by atoms with E-state index in [1.807, 2.05) is 12.1 Å². The summed E-state index contributed by atoms with van der Waals surface area (Å²) < 4.78 is 1.22. The lowest BCUT2D eigenvalue weighted by atomic mass is 9.99. The highest BCUT2D eigenvalue weighted by molar-refractivity contribution is 14.1. The fourth-order valence-corrected chi connectivity index (χ4v) is 2.96. The molecule has 0 saturated heterocycles. The molecule has 0 aliphatic carbocycles. The molecule has 0 heterocycles. The van der Waals surface area contributed by atoms with Crippen LogP contribution in [-0.4, -0.2) is 11.2 Å². The van der Waals surface area contributed by atoms with Crippen LogP contribution < -0.4 is 0 Å². The quantitative estimate of drug-likeness (QED) is 0.649. The average Bonchev–Trinajstić information content (AvgIpc) is 2.49. The number of benzene rings is 3. The molecule has 0 aliphatic heterocycles. The molecule has 1 nitrogen and oxygen atoms in total. The van der Waals surface area contributed by atoms with Gasteiger partial charge in [-0.25, -0.2) is 0 Å². The third-order valence-corrected chi connectivity index (χ3v) is 4.39. The summed E-state index contributed by atoms with van der Waals surface area (Å²) in [6.07, 6.45) is 1.05. The second kappa shape index (κ2) is 6.58. The first-order chi connectivity index (χ1) is 10.2. The molecule has 0 amide bonds. The molecule has 3 rings (SSSR count). The molecule has 1 N–H and O–H groups in total. The van der Waals surface area contributed by atoms with E-state index in [0.29, 0.717) is 12.8 Å². The molecule has 2 heteroatoms. The van der Waals surface area contributed by atoms with Crippen molar-refractivity contribution >= 4 is 33.4 Å². The van der Waals surface area contributed by atoms with Gasteiger partial charge in [-0.2, -0.15) is 0 Å². The van der Waals surface area contributed by atoms with Gasteiger partial charge in [-0.15, -0.1) is 0 Å². The van der Waals surface area contributed by atoms with Gasteiger partial charge >= 0.3 is 0 Å². The minimum Gasteiger partial charge on any atom is -0.392 e. The summed E-state index contributed by atoms with van der Waals surface area (Å²) in [5, 5.41) is 12.8. The Hall–Kier alpha value is -1.39. The van der Waals surface area contributed by atoms with E-state index >= 15 is 0 Å². The Morgan fingerprint density at radius 2 is 1.38 bits per heavy atom. The number of hydrogen-bond acceptors (Lipinski definition) is 1. The summed E-state index contributed by atoms with van der Waals surface area (Å²) in [6, 6.07) is 23.1. The van der Waals surface area contributed by atoms with E-state index in [4.69, 9.17) is 0 Å². The second-order valence-corrected chi connectivity index (χ2v) is 6.62. The Kier molecular flexibility index (Phi) is 4.56. The van der Waals surface area contributed by atoms with Crippen molar-refractivity contribution in [1.82, 2.24) is 0 Å². The first kappa shape index (κ1) is 14.5. The van der Waals surface area contributed by atoms with Crippen LogP contribution in [-0.2, 0) is 12.8 Å². The third-order valence-electron chi connectivity index (χ3n) is 3.67. The Bertz CT molecular complexity index is 734.